The van der Waals surface area contributed by atoms with Crippen LogP contribution in [0.2, 0.25) is 0 Å². The van der Waals surface area contributed by atoms with Crippen LogP contribution in [0, 0.1) is 5.92 Å². The molecule has 4 N–H and O–H groups in total. The first-order chi connectivity index (χ1) is 16.5. The second-order valence-electron chi connectivity index (χ2n) is 8.72. The van der Waals surface area contributed by atoms with Gasteiger partial charge in [0.1, 0.15) is 12.1 Å². The van der Waals surface area contributed by atoms with Crippen LogP contribution in [0.3, 0.4) is 0 Å². The molecular formula is C25H24N5O4-. The lowest BCUT2D eigenvalue weighted by Crippen LogP contribution is -2.52. The molecule has 3 amide bonds. The number of carboxylic acid groups (broad SMARTS) is 1. The van der Waals surface area contributed by atoms with E-state index in [1.807, 2.05) is 30.3 Å². The van der Waals surface area contributed by atoms with Crippen molar-refractivity contribution in [2.45, 2.75) is 38.1 Å². The van der Waals surface area contributed by atoms with Gasteiger partial charge in [-0.15, -0.1) is 0 Å². The van der Waals surface area contributed by atoms with Gasteiger partial charge in [-0.3, -0.25) is 9.59 Å². The van der Waals surface area contributed by atoms with E-state index in [9.17, 15) is 19.5 Å². The molecule has 34 heavy (non-hydrogen) atoms. The molecular weight excluding hydrogens is 434 g/mol. The van der Waals surface area contributed by atoms with Gasteiger partial charge in [-0.1, -0.05) is 49.6 Å². The van der Waals surface area contributed by atoms with Crippen LogP contribution in [0.4, 0.5) is 10.5 Å². The van der Waals surface area contributed by atoms with Gasteiger partial charge in [-0.05, 0) is 36.5 Å². The smallest absolute Gasteiger partial charge is 0.272 e. The summed E-state index contributed by atoms with van der Waals surface area (Å²) in [5.74, 6) is -0.968. The maximum atomic E-state index is 13.1. The predicted molar refractivity (Wildman–Crippen MR) is 126 cm³/mol. The average molecular weight is 458 g/mol. The van der Waals surface area contributed by atoms with Crippen LogP contribution in [0.15, 0.2) is 47.6 Å². The predicted octanol–water partition coefficient (Wildman–Crippen LogP) is 2.73. The minimum absolute atomic E-state index is 0.101. The van der Waals surface area contributed by atoms with Crippen molar-refractivity contribution in [2.24, 2.45) is 11.0 Å². The van der Waals surface area contributed by atoms with E-state index in [0.29, 0.717) is 22.2 Å². The number of hydrogen-bond acceptors (Lipinski definition) is 5. The molecule has 9 heteroatoms. The first kappa shape index (κ1) is 21.7. The summed E-state index contributed by atoms with van der Waals surface area (Å²) in [7, 11) is 0. The van der Waals surface area contributed by atoms with Gasteiger partial charge in [-0.25, -0.2) is 5.43 Å². The van der Waals surface area contributed by atoms with Crippen molar-refractivity contribution in [3.05, 3.63) is 53.6 Å². The maximum absolute atomic E-state index is 13.1. The van der Waals surface area contributed by atoms with Gasteiger partial charge in [0, 0.05) is 22.2 Å². The van der Waals surface area contributed by atoms with Gasteiger partial charge in [0.05, 0.1) is 17.5 Å². The van der Waals surface area contributed by atoms with E-state index in [2.05, 4.69) is 26.1 Å². The average Bonchev–Trinajstić information content (AvgIpc) is 3.12. The lowest BCUT2D eigenvalue weighted by molar-refractivity contribution is -0.252. The molecule has 1 atom stereocenters. The fourth-order valence-electron chi connectivity index (χ4n) is 5.00. The largest absolute Gasteiger partial charge is 0.530 e. The molecule has 0 saturated heterocycles. The van der Waals surface area contributed by atoms with Crippen LogP contribution in [-0.2, 0) is 4.79 Å². The Balaban J connectivity index is 1.53. The SMILES string of the molecule is O=C([O-])N[C@H](C(=O)Nc1cc2c3c(c(-c4ccccc4)[nH]c3c1)C=NNC2=O)C1CCCCC1. The Morgan fingerprint density at radius 2 is 1.85 bits per heavy atom. The topological polar surface area (TPSA) is 139 Å². The van der Waals surface area contributed by atoms with E-state index in [0.717, 1.165) is 48.9 Å². The lowest BCUT2D eigenvalue weighted by Gasteiger charge is -2.30. The molecule has 9 nitrogen and oxygen atoms in total. The van der Waals surface area contributed by atoms with Crippen molar-refractivity contribution in [3.63, 3.8) is 0 Å². The van der Waals surface area contributed by atoms with E-state index < -0.39 is 23.9 Å². The van der Waals surface area contributed by atoms with Gasteiger partial charge in [0.15, 0.2) is 0 Å². The van der Waals surface area contributed by atoms with Crippen molar-refractivity contribution in [3.8, 4) is 11.3 Å². The Labute approximate surface area is 195 Å². The highest BCUT2D eigenvalue weighted by molar-refractivity contribution is 6.18. The quantitative estimate of drug-likeness (QED) is 0.467. The zero-order valence-electron chi connectivity index (χ0n) is 18.4. The number of benzene rings is 2. The highest BCUT2D eigenvalue weighted by Crippen LogP contribution is 2.35. The van der Waals surface area contributed by atoms with Crippen LogP contribution in [-0.4, -0.2) is 35.1 Å². The molecule has 0 bridgehead atoms. The van der Waals surface area contributed by atoms with Crippen LogP contribution >= 0.6 is 0 Å². The number of aromatic amines is 1. The van der Waals surface area contributed by atoms with Crippen molar-refractivity contribution < 1.29 is 19.5 Å². The molecule has 2 heterocycles. The highest BCUT2D eigenvalue weighted by atomic mass is 16.4. The number of aromatic nitrogens is 1. The standard InChI is InChI=1S/C25H25N5O4/c31-23-17-11-16(27-24(32)22(29-25(33)34)15-9-5-2-6-10-15)12-19-20(17)18(13-26-30-23)21(28-19)14-7-3-1-4-8-14/h1,3-4,7-8,11-13,15,22,28-29H,2,5-6,9-10H2,(H,27,32)(H,30,31)(H,33,34)/p-1/t22-/m0/s1. The van der Waals surface area contributed by atoms with Crippen molar-refractivity contribution in [1.82, 2.24) is 15.7 Å². The lowest BCUT2D eigenvalue weighted by atomic mass is 9.83. The number of amides is 3. The molecule has 1 aliphatic heterocycles. The van der Waals surface area contributed by atoms with E-state index in [1.54, 1.807) is 18.3 Å². The first-order valence-corrected chi connectivity index (χ1v) is 11.4. The summed E-state index contributed by atoms with van der Waals surface area (Å²) in [6, 6.07) is 12.1. The normalized spacial score (nSPS) is 16.5. The first-order valence-electron chi connectivity index (χ1n) is 11.4. The third kappa shape index (κ3) is 4.12. The van der Waals surface area contributed by atoms with Crippen molar-refractivity contribution in [2.75, 3.05) is 5.32 Å². The number of H-pyrrole nitrogens is 1. The van der Waals surface area contributed by atoms with E-state index in [4.69, 9.17) is 0 Å². The second-order valence-corrected chi connectivity index (χ2v) is 8.72. The summed E-state index contributed by atoms with van der Waals surface area (Å²) >= 11 is 0. The zero-order valence-corrected chi connectivity index (χ0v) is 18.4. The number of nitrogens with zero attached hydrogens (tertiary/aromatic N) is 1. The Morgan fingerprint density at radius 3 is 2.59 bits per heavy atom. The fraction of sp³-hybridized carbons (Fsp3) is 0.280. The summed E-state index contributed by atoms with van der Waals surface area (Å²) in [6.07, 6.45) is 4.64. The van der Waals surface area contributed by atoms with E-state index in [-0.39, 0.29) is 5.92 Å². The van der Waals surface area contributed by atoms with Gasteiger partial charge in [0.2, 0.25) is 5.91 Å². The molecule has 2 aliphatic rings. The maximum Gasteiger partial charge on any atom is 0.272 e. The summed E-state index contributed by atoms with van der Waals surface area (Å²) < 4.78 is 0. The second kappa shape index (κ2) is 9.01. The molecule has 0 unspecified atom stereocenters. The minimum Gasteiger partial charge on any atom is -0.530 e. The molecule has 1 saturated carbocycles. The van der Waals surface area contributed by atoms with Gasteiger partial charge >= 0.3 is 0 Å². The Morgan fingerprint density at radius 1 is 1.09 bits per heavy atom. The third-order valence-electron chi connectivity index (χ3n) is 6.55. The molecule has 3 aromatic rings. The van der Waals surface area contributed by atoms with Gasteiger partial charge in [0.25, 0.3) is 5.91 Å². The third-order valence-corrected chi connectivity index (χ3v) is 6.55. The summed E-state index contributed by atoms with van der Waals surface area (Å²) in [5, 5.41) is 21.1. The molecule has 5 rings (SSSR count). The molecule has 0 radical (unpaired) electrons. The van der Waals surface area contributed by atoms with Crippen molar-refractivity contribution >= 4 is 40.7 Å². The van der Waals surface area contributed by atoms with Gasteiger partial charge in [-0.2, -0.15) is 5.10 Å². The van der Waals surface area contributed by atoms with Crippen LogP contribution in [0.5, 0.6) is 0 Å². The minimum atomic E-state index is -1.48. The number of carbonyl (C=O) groups is 3. The van der Waals surface area contributed by atoms with E-state index >= 15 is 0 Å². The monoisotopic (exact) mass is 458 g/mol. The summed E-state index contributed by atoms with van der Waals surface area (Å²) in [5.41, 5.74) is 6.42. The molecule has 2 aromatic carbocycles. The van der Waals surface area contributed by atoms with Crippen LogP contribution in [0.25, 0.3) is 22.2 Å². The number of rotatable bonds is 5. The number of anilines is 1. The number of carbonyl (C=O) groups excluding carboxylic acids is 3. The number of nitrogens with one attached hydrogen (secondary N) is 4. The van der Waals surface area contributed by atoms with Crippen LogP contribution in [0.1, 0.15) is 48.0 Å². The number of hydrazone groups is 1. The highest BCUT2D eigenvalue weighted by Gasteiger charge is 2.30. The molecule has 174 valence electrons. The summed E-state index contributed by atoms with van der Waals surface area (Å²) in [4.78, 5) is 40.5. The van der Waals surface area contributed by atoms with Crippen molar-refractivity contribution in [1.29, 1.82) is 0 Å². The summed E-state index contributed by atoms with van der Waals surface area (Å²) in [6.45, 7) is 0. The molecule has 1 aliphatic carbocycles. The Hall–Kier alpha value is -4.14. The number of hydrogen-bond donors (Lipinski definition) is 4. The van der Waals surface area contributed by atoms with Crippen LogP contribution < -0.4 is 21.2 Å². The zero-order chi connectivity index (χ0) is 23.7. The molecule has 1 aromatic heterocycles. The Kier molecular flexibility index (Phi) is 5.75. The molecule has 0 spiro atoms. The van der Waals surface area contributed by atoms with E-state index in [1.165, 1.54) is 0 Å². The fourth-order valence-corrected chi connectivity index (χ4v) is 5.00. The van der Waals surface area contributed by atoms with Gasteiger partial charge < -0.3 is 25.5 Å². The molecule has 1 fully saturated rings. The Bertz CT molecular complexity index is 1290.